The molecule has 0 aliphatic heterocycles. The summed E-state index contributed by atoms with van der Waals surface area (Å²) in [6.07, 6.45) is 0.569. The van der Waals surface area contributed by atoms with Gasteiger partial charge in [0, 0.05) is 37.0 Å². The first-order valence-electron chi connectivity index (χ1n) is 8.50. The lowest BCUT2D eigenvalue weighted by Crippen LogP contribution is -2.26. The van der Waals surface area contributed by atoms with Gasteiger partial charge in [-0.2, -0.15) is 4.98 Å². The van der Waals surface area contributed by atoms with Crippen molar-refractivity contribution in [2.75, 3.05) is 7.05 Å². The van der Waals surface area contributed by atoms with Gasteiger partial charge in [0.2, 0.25) is 17.6 Å². The van der Waals surface area contributed by atoms with E-state index in [-0.39, 0.29) is 18.1 Å². The van der Waals surface area contributed by atoms with Crippen LogP contribution in [-0.4, -0.2) is 28.0 Å². The highest BCUT2D eigenvalue weighted by molar-refractivity contribution is 6.30. The molecule has 2 aromatic carbocycles. The third kappa shape index (κ3) is 4.92. The van der Waals surface area contributed by atoms with Gasteiger partial charge in [-0.1, -0.05) is 41.0 Å². The maximum Gasteiger partial charge on any atom is 0.227 e. The highest BCUT2D eigenvalue weighted by Crippen LogP contribution is 2.19. The van der Waals surface area contributed by atoms with Crippen molar-refractivity contribution < 1.29 is 13.7 Å². The predicted molar refractivity (Wildman–Crippen MR) is 101 cm³/mol. The zero-order valence-corrected chi connectivity index (χ0v) is 15.8. The average Bonchev–Trinajstić information content (AvgIpc) is 3.13. The van der Waals surface area contributed by atoms with E-state index in [4.69, 9.17) is 16.1 Å². The third-order valence-corrected chi connectivity index (χ3v) is 4.46. The molecule has 1 amide bonds. The molecule has 1 heterocycles. The normalized spacial score (nSPS) is 10.8. The molecule has 27 heavy (non-hydrogen) atoms. The van der Waals surface area contributed by atoms with E-state index in [1.54, 1.807) is 43.1 Å². The minimum atomic E-state index is -0.321. The number of hydrogen-bond donors (Lipinski definition) is 0. The Hall–Kier alpha value is -2.73. The van der Waals surface area contributed by atoms with Crippen molar-refractivity contribution in [3.05, 3.63) is 70.3 Å². The van der Waals surface area contributed by atoms with E-state index >= 15 is 0 Å². The fraction of sp³-hybridized carbons (Fsp3) is 0.250. The number of aromatic nitrogens is 2. The molecule has 3 rings (SSSR count). The lowest BCUT2D eigenvalue weighted by atomic mass is 10.1. The van der Waals surface area contributed by atoms with Gasteiger partial charge in [-0.05, 0) is 36.2 Å². The number of rotatable bonds is 6. The van der Waals surface area contributed by atoms with Crippen LogP contribution in [-0.2, 0) is 17.8 Å². The molecule has 0 radical (unpaired) electrons. The summed E-state index contributed by atoms with van der Waals surface area (Å²) < 4.78 is 18.9. The minimum Gasteiger partial charge on any atom is -0.341 e. The first kappa shape index (κ1) is 19.0. The molecule has 0 bridgehead atoms. The van der Waals surface area contributed by atoms with Crippen molar-refractivity contribution in [1.29, 1.82) is 0 Å². The van der Waals surface area contributed by atoms with Crippen molar-refractivity contribution in [2.45, 2.75) is 26.3 Å². The lowest BCUT2D eigenvalue weighted by molar-refractivity contribution is -0.130. The van der Waals surface area contributed by atoms with Crippen LogP contribution in [0.1, 0.15) is 23.4 Å². The summed E-state index contributed by atoms with van der Waals surface area (Å²) >= 11 is 5.87. The van der Waals surface area contributed by atoms with Gasteiger partial charge in [0.05, 0.1) is 0 Å². The maximum absolute atomic E-state index is 13.7. The van der Waals surface area contributed by atoms with E-state index in [1.807, 2.05) is 12.1 Å². The smallest absolute Gasteiger partial charge is 0.227 e. The number of amides is 1. The van der Waals surface area contributed by atoms with Gasteiger partial charge in [-0.15, -0.1) is 0 Å². The van der Waals surface area contributed by atoms with Crippen molar-refractivity contribution in [3.8, 4) is 11.4 Å². The third-order valence-electron chi connectivity index (χ3n) is 4.21. The quantitative estimate of drug-likeness (QED) is 0.627. The average molecular weight is 388 g/mol. The predicted octanol–water partition coefficient (Wildman–Crippen LogP) is 4.43. The van der Waals surface area contributed by atoms with Crippen molar-refractivity contribution in [3.63, 3.8) is 0 Å². The van der Waals surface area contributed by atoms with Gasteiger partial charge in [-0.3, -0.25) is 4.79 Å². The van der Waals surface area contributed by atoms with Gasteiger partial charge in [0.15, 0.2) is 0 Å². The molecule has 0 aliphatic carbocycles. The molecule has 1 aromatic heterocycles. The molecule has 0 aliphatic rings. The zero-order chi connectivity index (χ0) is 19.4. The first-order chi connectivity index (χ1) is 12.9. The van der Waals surface area contributed by atoms with Crippen molar-refractivity contribution in [2.24, 2.45) is 0 Å². The van der Waals surface area contributed by atoms with Crippen LogP contribution >= 0.6 is 11.6 Å². The number of nitrogens with zero attached hydrogens (tertiary/aromatic N) is 3. The molecule has 0 fully saturated rings. The molecule has 0 spiro atoms. The Balaban J connectivity index is 1.56. The number of carbonyl (C=O) groups is 1. The van der Waals surface area contributed by atoms with Crippen LogP contribution in [0.4, 0.5) is 4.39 Å². The highest BCUT2D eigenvalue weighted by Gasteiger charge is 2.14. The summed E-state index contributed by atoms with van der Waals surface area (Å²) in [6.45, 7) is 2.18. The zero-order valence-electron chi connectivity index (χ0n) is 15.1. The molecule has 5 nitrogen and oxygen atoms in total. The monoisotopic (exact) mass is 387 g/mol. The molecule has 0 saturated heterocycles. The summed E-state index contributed by atoms with van der Waals surface area (Å²) in [6, 6.07) is 12.1. The number of halogens is 2. The first-order valence-corrected chi connectivity index (χ1v) is 8.87. The fourth-order valence-corrected chi connectivity index (χ4v) is 2.69. The Bertz CT molecular complexity index is 941. The summed E-state index contributed by atoms with van der Waals surface area (Å²) in [7, 11) is 1.74. The molecule has 0 saturated carbocycles. The second-order valence-electron chi connectivity index (χ2n) is 6.35. The van der Waals surface area contributed by atoms with E-state index in [1.165, 1.54) is 6.07 Å². The molecule has 7 heteroatoms. The Morgan fingerprint density at radius 1 is 1.22 bits per heavy atom. The van der Waals surface area contributed by atoms with E-state index in [0.29, 0.717) is 40.8 Å². The van der Waals surface area contributed by atoms with Crippen molar-refractivity contribution >= 4 is 17.5 Å². The van der Waals surface area contributed by atoms with Crippen LogP contribution in [0, 0.1) is 12.7 Å². The van der Waals surface area contributed by atoms with E-state index in [9.17, 15) is 9.18 Å². The van der Waals surface area contributed by atoms with Crippen LogP contribution in [0.3, 0.4) is 0 Å². The van der Waals surface area contributed by atoms with Crippen LogP contribution < -0.4 is 0 Å². The van der Waals surface area contributed by atoms with E-state index in [0.717, 1.165) is 5.56 Å². The van der Waals surface area contributed by atoms with Crippen LogP contribution in [0.5, 0.6) is 0 Å². The summed E-state index contributed by atoms with van der Waals surface area (Å²) in [4.78, 5) is 18.2. The Labute approximate surface area is 161 Å². The van der Waals surface area contributed by atoms with Crippen LogP contribution in [0.15, 0.2) is 47.0 Å². The minimum absolute atomic E-state index is 0.0360. The number of hydrogen-bond acceptors (Lipinski definition) is 4. The fourth-order valence-electron chi connectivity index (χ4n) is 2.56. The van der Waals surface area contributed by atoms with Gasteiger partial charge in [0.1, 0.15) is 5.82 Å². The molecule has 0 N–H and O–H groups in total. The lowest BCUT2D eigenvalue weighted by Gasteiger charge is -2.16. The standard InChI is InChI=1S/C20H19ClFN3O2/c1-13-3-6-15(11-17(13)22)20-23-18(27-24-20)9-10-19(26)25(2)12-14-4-7-16(21)8-5-14/h3-8,11H,9-10,12H2,1-2H3. The molecule has 140 valence electrons. The summed E-state index contributed by atoms with van der Waals surface area (Å²) in [5, 5.41) is 4.53. The van der Waals surface area contributed by atoms with Gasteiger partial charge in [-0.25, -0.2) is 4.39 Å². The molecular weight excluding hydrogens is 369 g/mol. The molecular formula is C20H19ClFN3O2. The van der Waals surface area contributed by atoms with Crippen LogP contribution in [0.25, 0.3) is 11.4 Å². The molecule has 0 atom stereocenters. The number of aryl methyl sites for hydroxylation is 2. The van der Waals surface area contributed by atoms with Crippen LogP contribution in [0.2, 0.25) is 5.02 Å². The SMILES string of the molecule is Cc1ccc(-c2noc(CCC(=O)N(C)Cc3ccc(Cl)cc3)n2)cc1F. The summed E-state index contributed by atoms with van der Waals surface area (Å²) in [5.41, 5.74) is 2.09. The maximum atomic E-state index is 13.7. The Kier molecular flexibility index (Phi) is 5.86. The molecule has 0 unspecified atom stereocenters. The second kappa shape index (κ2) is 8.31. The second-order valence-corrected chi connectivity index (χ2v) is 6.79. The van der Waals surface area contributed by atoms with Gasteiger partial charge in [0.25, 0.3) is 0 Å². The highest BCUT2D eigenvalue weighted by atomic mass is 35.5. The Morgan fingerprint density at radius 3 is 2.67 bits per heavy atom. The summed E-state index contributed by atoms with van der Waals surface area (Å²) in [5.74, 6) is 0.300. The largest absolute Gasteiger partial charge is 0.341 e. The number of benzene rings is 2. The topological polar surface area (TPSA) is 59.2 Å². The Morgan fingerprint density at radius 2 is 1.96 bits per heavy atom. The molecule has 3 aromatic rings. The van der Waals surface area contributed by atoms with Gasteiger partial charge < -0.3 is 9.42 Å². The van der Waals surface area contributed by atoms with E-state index < -0.39 is 0 Å². The number of carbonyl (C=O) groups excluding carboxylic acids is 1. The van der Waals surface area contributed by atoms with Gasteiger partial charge >= 0.3 is 0 Å². The van der Waals surface area contributed by atoms with E-state index in [2.05, 4.69) is 10.1 Å². The van der Waals surface area contributed by atoms with Crippen molar-refractivity contribution in [1.82, 2.24) is 15.0 Å².